The molecule has 0 saturated carbocycles. The van der Waals surface area contributed by atoms with Crippen molar-refractivity contribution in [2.45, 2.75) is 33.1 Å². The predicted octanol–water partition coefficient (Wildman–Crippen LogP) is 2.65. The second-order valence-electron chi connectivity index (χ2n) is 5.05. The molecule has 0 radical (unpaired) electrons. The second-order valence-corrected chi connectivity index (χ2v) is 5.49. The molecule has 98 valence electrons. The Balaban J connectivity index is 2.31. The van der Waals surface area contributed by atoms with Crippen LogP contribution in [-0.2, 0) is 0 Å². The van der Waals surface area contributed by atoms with Crippen LogP contribution in [0.25, 0.3) is 0 Å². The molecule has 0 aromatic carbocycles. The van der Waals surface area contributed by atoms with Crippen molar-refractivity contribution in [3.63, 3.8) is 0 Å². The molecular formula is C14H21N3S. The highest BCUT2D eigenvalue weighted by molar-refractivity contribution is 7.80. The van der Waals surface area contributed by atoms with Gasteiger partial charge in [0.2, 0.25) is 0 Å². The molecule has 3 nitrogen and oxygen atoms in total. The first kappa shape index (κ1) is 13.3. The fourth-order valence-corrected chi connectivity index (χ4v) is 2.73. The normalized spacial score (nSPS) is 19.9. The smallest absolute Gasteiger partial charge is 0.139 e. The van der Waals surface area contributed by atoms with Crippen molar-refractivity contribution in [2.24, 2.45) is 11.7 Å². The van der Waals surface area contributed by atoms with Gasteiger partial charge in [-0.1, -0.05) is 25.6 Å². The van der Waals surface area contributed by atoms with Crippen LogP contribution in [-0.4, -0.2) is 23.1 Å². The predicted molar refractivity (Wildman–Crippen MR) is 80.1 cm³/mol. The highest BCUT2D eigenvalue weighted by Crippen LogP contribution is 2.26. The van der Waals surface area contributed by atoms with E-state index >= 15 is 0 Å². The van der Waals surface area contributed by atoms with Crippen molar-refractivity contribution in [1.82, 2.24) is 4.98 Å². The van der Waals surface area contributed by atoms with Gasteiger partial charge in [-0.25, -0.2) is 4.98 Å². The van der Waals surface area contributed by atoms with E-state index in [9.17, 15) is 0 Å². The molecule has 1 fully saturated rings. The summed E-state index contributed by atoms with van der Waals surface area (Å²) >= 11 is 5.13. The van der Waals surface area contributed by atoms with Crippen LogP contribution in [0.3, 0.4) is 0 Å². The lowest BCUT2D eigenvalue weighted by Gasteiger charge is -2.34. The Labute approximate surface area is 114 Å². The Kier molecular flexibility index (Phi) is 4.17. The van der Waals surface area contributed by atoms with Crippen LogP contribution in [0.1, 0.15) is 37.4 Å². The molecule has 1 aliphatic heterocycles. The fourth-order valence-electron chi connectivity index (χ4n) is 2.57. The SMILES string of the molecule is CCC1CCCN(c2nc(C)ccc2C(N)=S)C1. The van der Waals surface area contributed by atoms with E-state index in [-0.39, 0.29) is 0 Å². The van der Waals surface area contributed by atoms with Crippen LogP contribution in [0.15, 0.2) is 12.1 Å². The number of nitrogens with two attached hydrogens (primary N) is 1. The molecule has 0 bridgehead atoms. The van der Waals surface area contributed by atoms with Gasteiger partial charge in [-0.05, 0) is 37.8 Å². The van der Waals surface area contributed by atoms with Crippen molar-refractivity contribution in [2.75, 3.05) is 18.0 Å². The number of aromatic nitrogens is 1. The van der Waals surface area contributed by atoms with Crippen molar-refractivity contribution in [3.05, 3.63) is 23.4 Å². The van der Waals surface area contributed by atoms with Crippen molar-refractivity contribution < 1.29 is 0 Å². The first-order valence-electron chi connectivity index (χ1n) is 6.64. The molecule has 1 aromatic heterocycles. The highest BCUT2D eigenvalue weighted by Gasteiger charge is 2.22. The van der Waals surface area contributed by atoms with Gasteiger partial charge in [-0.15, -0.1) is 0 Å². The third-order valence-corrected chi connectivity index (χ3v) is 3.90. The van der Waals surface area contributed by atoms with Crippen LogP contribution in [0, 0.1) is 12.8 Å². The van der Waals surface area contributed by atoms with E-state index in [1.165, 1.54) is 19.3 Å². The molecule has 0 amide bonds. The van der Waals surface area contributed by atoms with Gasteiger partial charge in [-0.3, -0.25) is 0 Å². The average Bonchev–Trinajstić information content (AvgIpc) is 2.38. The summed E-state index contributed by atoms with van der Waals surface area (Å²) in [5.74, 6) is 1.74. The molecule has 1 unspecified atom stereocenters. The Hall–Kier alpha value is -1.16. The zero-order valence-electron chi connectivity index (χ0n) is 11.1. The average molecular weight is 263 g/mol. The van der Waals surface area contributed by atoms with Gasteiger partial charge >= 0.3 is 0 Å². The number of aryl methyl sites for hydroxylation is 1. The number of piperidine rings is 1. The van der Waals surface area contributed by atoms with Crippen LogP contribution in [0.4, 0.5) is 5.82 Å². The molecule has 2 heterocycles. The van der Waals surface area contributed by atoms with Crippen LogP contribution in [0.5, 0.6) is 0 Å². The lowest BCUT2D eigenvalue weighted by Crippen LogP contribution is -2.37. The maximum absolute atomic E-state index is 5.80. The van der Waals surface area contributed by atoms with E-state index in [1.54, 1.807) is 0 Å². The van der Waals surface area contributed by atoms with Gasteiger partial charge in [0.1, 0.15) is 10.8 Å². The summed E-state index contributed by atoms with van der Waals surface area (Å²) in [4.78, 5) is 7.43. The number of nitrogens with zero attached hydrogens (tertiary/aromatic N) is 2. The highest BCUT2D eigenvalue weighted by atomic mass is 32.1. The minimum atomic E-state index is 0.441. The quantitative estimate of drug-likeness (QED) is 0.851. The maximum Gasteiger partial charge on any atom is 0.139 e. The summed E-state index contributed by atoms with van der Waals surface area (Å²) < 4.78 is 0. The monoisotopic (exact) mass is 263 g/mol. The molecule has 2 N–H and O–H groups in total. The number of pyridine rings is 1. The number of hydrogen-bond acceptors (Lipinski definition) is 3. The van der Waals surface area contributed by atoms with E-state index in [4.69, 9.17) is 18.0 Å². The Morgan fingerprint density at radius 1 is 1.56 bits per heavy atom. The van der Waals surface area contributed by atoms with Gasteiger partial charge in [0.25, 0.3) is 0 Å². The van der Waals surface area contributed by atoms with Gasteiger partial charge in [-0.2, -0.15) is 0 Å². The molecule has 0 spiro atoms. The van der Waals surface area contributed by atoms with Gasteiger partial charge < -0.3 is 10.6 Å². The van der Waals surface area contributed by atoms with Crippen molar-refractivity contribution in [3.8, 4) is 0 Å². The van der Waals surface area contributed by atoms with Crippen LogP contribution in [0.2, 0.25) is 0 Å². The summed E-state index contributed by atoms with van der Waals surface area (Å²) in [6, 6.07) is 3.97. The van der Waals surface area contributed by atoms with E-state index in [1.807, 2.05) is 19.1 Å². The fraction of sp³-hybridized carbons (Fsp3) is 0.571. The van der Waals surface area contributed by atoms with E-state index in [0.29, 0.717) is 4.99 Å². The molecular weight excluding hydrogens is 242 g/mol. The number of rotatable bonds is 3. The lowest BCUT2D eigenvalue weighted by molar-refractivity contribution is 0.403. The molecule has 1 atom stereocenters. The zero-order chi connectivity index (χ0) is 13.1. The van der Waals surface area contributed by atoms with Crippen LogP contribution < -0.4 is 10.6 Å². The van der Waals surface area contributed by atoms with Crippen molar-refractivity contribution >= 4 is 23.0 Å². The second kappa shape index (κ2) is 5.65. The zero-order valence-corrected chi connectivity index (χ0v) is 12.0. The minimum Gasteiger partial charge on any atom is -0.389 e. The van der Waals surface area contributed by atoms with Gasteiger partial charge in [0.05, 0.1) is 5.56 Å². The molecule has 1 saturated heterocycles. The Bertz CT molecular complexity index is 445. The first-order chi connectivity index (χ1) is 8.61. The largest absolute Gasteiger partial charge is 0.389 e. The maximum atomic E-state index is 5.80. The third kappa shape index (κ3) is 2.80. The summed E-state index contributed by atoms with van der Waals surface area (Å²) in [5, 5.41) is 0. The molecule has 0 aliphatic carbocycles. The summed E-state index contributed by atoms with van der Waals surface area (Å²) in [7, 11) is 0. The first-order valence-corrected chi connectivity index (χ1v) is 7.05. The van der Waals surface area contributed by atoms with Gasteiger partial charge in [0.15, 0.2) is 0 Å². The molecule has 1 aromatic rings. The van der Waals surface area contributed by atoms with E-state index < -0.39 is 0 Å². The molecule has 1 aliphatic rings. The topological polar surface area (TPSA) is 42.2 Å². The minimum absolute atomic E-state index is 0.441. The summed E-state index contributed by atoms with van der Waals surface area (Å²) in [6.07, 6.45) is 3.77. The number of hydrogen-bond donors (Lipinski definition) is 1. The molecule has 4 heteroatoms. The number of anilines is 1. The molecule has 2 rings (SSSR count). The van der Waals surface area contributed by atoms with Crippen molar-refractivity contribution in [1.29, 1.82) is 0 Å². The lowest BCUT2D eigenvalue weighted by atomic mass is 9.95. The van der Waals surface area contributed by atoms with E-state index in [0.717, 1.165) is 36.1 Å². The van der Waals surface area contributed by atoms with Gasteiger partial charge in [0, 0.05) is 18.8 Å². The summed E-state index contributed by atoms with van der Waals surface area (Å²) in [5.41, 5.74) is 7.73. The number of thiocarbonyl (C=S) groups is 1. The summed E-state index contributed by atoms with van der Waals surface area (Å²) in [6.45, 7) is 6.39. The van der Waals surface area contributed by atoms with E-state index in [2.05, 4.69) is 16.8 Å². The Morgan fingerprint density at radius 2 is 2.33 bits per heavy atom. The third-order valence-electron chi connectivity index (χ3n) is 3.68. The van der Waals surface area contributed by atoms with Crippen LogP contribution >= 0.6 is 12.2 Å². The Morgan fingerprint density at radius 3 is 3.00 bits per heavy atom. The standard InChI is InChI=1S/C14H21N3S/c1-3-11-5-4-8-17(9-11)14-12(13(15)18)7-6-10(2)16-14/h6-7,11H,3-5,8-9H2,1-2H3,(H2,15,18). The molecule has 18 heavy (non-hydrogen) atoms.